The lowest BCUT2D eigenvalue weighted by atomic mass is 10.1. The smallest absolute Gasteiger partial charge is 0.257 e. The predicted molar refractivity (Wildman–Crippen MR) is 113 cm³/mol. The van der Waals surface area contributed by atoms with Crippen molar-refractivity contribution in [1.82, 2.24) is 15.0 Å². The fourth-order valence-corrected chi connectivity index (χ4v) is 3.25. The summed E-state index contributed by atoms with van der Waals surface area (Å²) < 4.78 is 0. The number of fused-ring (bicyclic) bond motifs is 1. The van der Waals surface area contributed by atoms with Gasteiger partial charge >= 0.3 is 0 Å². The van der Waals surface area contributed by atoms with E-state index in [1.807, 2.05) is 44.2 Å². The van der Waals surface area contributed by atoms with Crippen molar-refractivity contribution in [1.29, 1.82) is 0 Å². The lowest BCUT2D eigenvalue weighted by Crippen LogP contribution is -2.13. The second-order valence-electron chi connectivity index (χ2n) is 6.54. The van der Waals surface area contributed by atoms with Crippen LogP contribution in [0.15, 0.2) is 54.6 Å². The molecule has 0 saturated heterocycles. The molecule has 0 atom stereocenters. The molecule has 0 aliphatic carbocycles. The molecule has 4 aromatic rings. The summed E-state index contributed by atoms with van der Waals surface area (Å²) in [5.74, 6) is -0.333. The highest BCUT2D eigenvalue weighted by Crippen LogP contribution is 2.27. The van der Waals surface area contributed by atoms with Gasteiger partial charge in [-0.25, -0.2) is 0 Å². The molecule has 0 aliphatic heterocycles. The SMILES string of the molecule is Cc1ccc(-n2nc3cc(C)c(NC(=O)c4cccc(Cl)c4Cl)cc3n2)cc1. The van der Waals surface area contributed by atoms with Crippen LogP contribution in [0.4, 0.5) is 5.69 Å². The fourth-order valence-electron chi connectivity index (χ4n) is 2.86. The van der Waals surface area contributed by atoms with E-state index >= 15 is 0 Å². The highest BCUT2D eigenvalue weighted by molar-refractivity contribution is 6.44. The van der Waals surface area contributed by atoms with Crippen molar-refractivity contribution < 1.29 is 4.79 Å². The van der Waals surface area contributed by atoms with Crippen molar-refractivity contribution in [2.45, 2.75) is 13.8 Å². The molecule has 0 aliphatic rings. The molecule has 28 heavy (non-hydrogen) atoms. The van der Waals surface area contributed by atoms with Crippen LogP contribution in [0, 0.1) is 13.8 Å². The zero-order chi connectivity index (χ0) is 19.8. The van der Waals surface area contributed by atoms with E-state index < -0.39 is 0 Å². The standard InChI is InChI=1S/C21H16Cl2N4O/c1-12-6-8-14(9-7-12)27-25-18-10-13(2)17(11-19(18)26-27)24-21(28)15-4-3-5-16(22)20(15)23/h3-11H,1-2H3,(H,24,28). The Morgan fingerprint density at radius 1 is 0.964 bits per heavy atom. The van der Waals surface area contributed by atoms with Crippen molar-refractivity contribution in [3.8, 4) is 5.69 Å². The summed E-state index contributed by atoms with van der Waals surface area (Å²) in [6, 6.07) is 16.6. The van der Waals surface area contributed by atoms with Crippen molar-refractivity contribution in [3.05, 3.63) is 81.3 Å². The Bertz CT molecular complexity index is 1200. The summed E-state index contributed by atoms with van der Waals surface area (Å²) >= 11 is 12.2. The number of hydrogen-bond donors (Lipinski definition) is 1. The van der Waals surface area contributed by atoms with Crippen LogP contribution >= 0.6 is 23.2 Å². The molecule has 1 amide bonds. The van der Waals surface area contributed by atoms with Gasteiger partial charge in [0.25, 0.3) is 5.91 Å². The number of carbonyl (C=O) groups excluding carboxylic acids is 1. The van der Waals surface area contributed by atoms with Crippen molar-refractivity contribution in [2.24, 2.45) is 0 Å². The molecule has 0 saturated carbocycles. The molecule has 1 aromatic heterocycles. The Labute approximate surface area is 171 Å². The van der Waals surface area contributed by atoms with Gasteiger partial charge in [-0.2, -0.15) is 4.80 Å². The topological polar surface area (TPSA) is 59.8 Å². The van der Waals surface area contributed by atoms with Crippen molar-refractivity contribution in [3.63, 3.8) is 0 Å². The molecular weight excluding hydrogens is 395 g/mol. The van der Waals surface area contributed by atoms with E-state index in [2.05, 4.69) is 15.5 Å². The van der Waals surface area contributed by atoms with Gasteiger partial charge in [0.15, 0.2) is 0 Å². The summed E-state index contributed by atoms with van der Waals surface area (Å²) in [4.78, 5) is 14.2. The monoisotopic (exact) mass is 410 g/mol. The molecule has 140 valence electrons. The van der Waals surface area contributed by atoms with Crippen LogP contribution in [0.3, 0.4) is 0 Å². The highest BCUT2D eigenvalue weighted by atomic mass is 35.5. The van der Waals surface area contributed by atoms with Gasteiger partial charge in [0.1, 0.15) is 11.0 Å². The van der Waals surface area contributed by atoms with E-state index in [-0.39, 0.29) is 10.9 Å². The zero-order valence-electron chi connectivity index (χ0n) is 15.2. The van der Waals surface area contributed by atoms with E-state index in [1.165, 1.54) is 5.56 Å². The largest absolute Gasteiger partial charge is 0.322 e. The van der Waals surface area contributed by atoms with Gasteiger partial charge in [0.05, 0.1) is 21.3 Å². The highest BCUT2D eigenvalue weighted by Gasteiger charge is 2.15. The predicted octanol–water partition coefficient (Wildman–Crippen LogP) is 5.60. The van der Waals surface area contributed by atoms with Crippen LogP contribution in [-0.2, 0) is 0 Å². The summed E-state index contributed by atoms with van der Waals surface area (Å²) in [5.41, 5.74) is 5.30. The van der Waals surface area contributed by atoms with E-state index in [4.69, 9.17) is 23.2 Å². The number of benzene rings is 3. The number of nitrogens with one attached hydrogen (secondary N) is 1. The number of carbonyl (C=O) groups is 1. The zero-order valence-corrected chi connectivity index (χ0v) is 16.7. The Hall–Kier alpha value is -2.89. The molecule has 0 fully saturated rings. The maximum Gasteiger partial charge on any atom is 0.257 e. The third kappa shape index (κ3) is 3.46. The van der Waals surface area contributed by atoms with Crippen LogP contribution in [-0.4, -0.2) is 20.9 Å². The summed E-state index contributed by atoms with van der Waals surface area (Å²) in [6.07, 6.45) is 0. The first-order valence-electron chi connectivity index (χ1n) is 8.62. The van der Waals surface area contributed by atoms with E-state index in [9.17, 15) is 4.79 Å². The fraction of sp³-hybridized carbons (Fsp3) is 0.0952. The Balaban J connectivity index is 1.68. The second kappa shape index (κ2) is 7.26. The number of aromatic nitrogens is 3. The van der Waals surface area contributed by atoms with Crippen LogP contribution in [0.2, 0.25) is 10.0 Å². The van der Waals surface area contributed by atoms with Gasteiger partial charge in [0.2, 0.25) is 0 Å². The average molecular weight is 411 g/mol. The maximum atomic E-state index is 12.6. The molecule has 1 heterocycles. The normalized spacial score (nSPS) is 11.0. The van der Waals surface area contributed by atoms with Gasteiger partial charge in [-0.05, 0) is 55.8 Å². The number of nitrogens with zero attached hydrogens (tertiary/aromatic N) is 3. The third-order valence-corrected chi connectivity index (χ3v) is 5.25. The number of amides is 1. The summed E-state index contributed by atoms with van der Waals surface area (Å²) in [6.45, 7) is 3.93. The van der Waals surface area contributed by atoms with E-state index in [0.717, 1.165) is 16.8 Å². The van der Waals surface area contributed by atoms with Crippen LogP contribution in [0.1, 0.15) is 21.5 Å². The molecule has 3 aromatic carbocycles. The Morgan fingerprint density at radius 3 is 2.36 bits per heavy atom. The first-order chi connectivity index (χ1) is 13.4. The Morgan fingerprint density at radius 2 is 1.64 bits per heavy atom. The van der Waals surface area contributed by atoms with E-state index in [1.54, 1.807) is 29.1 Å². The minimum absolute atomic E-state index is 0.228. The first kappa shape index (κ1) is 18.5. The van der Waals surface area contributed by atoms with Gasteiger partial charge in [0, 0.05) is 5.69 Å². The molecule has 0 spiro atoms. The van der Waals surface area contributed by atoms with Crippen LogP contribution in [0.5, 0.6) is 0 Å². The number of hydrogen-bond acceptors (Lipinski definition) is 3. The molecule has 0 radical (unpaired) electrons. The van der Waals surface area contributed by atoms with Gasteiger partial charge in [-0.1, -0.05) is 47.0 Å². The molecule has 7 heteroatoms. The lowest BCUT2D eigenvalue weighted by Gasteiger charge is -2.09. The van der Waals surface area contributed by atoms with Gasteiger partial charge < -0.3 is 5.32 Å². The van der Waals surface area contributed by atoms with Gasteiger partial charge in [-0.15, -0.1) is 10.2 Å². The van der Waals surface area contributed by atoms with Crippen molar-refractivity contribution in [2.75, 3.05) is 5.32 Å². The van der Waals surface area contributed by atoms with Crippen molar-refractivity contribution >= 4 is 45.8 Å². The molecule has 1 N–H and O–H groups in total. The molecular formula is C21H16Cl2N4O. The molecule has 5 nitrogen and oxygen atoms in total. The number of rotatable bonds is 3. The summed E-state index contributed by atoms with van der Waals surface area (Å²) in [7, 11) is 0. The van der Waals surface area contributed by atoms with Crippen LogP contribution < -0.4 is 5.32 Å². The quantitative estimate of drug-likeness (QED) is 0.478. The minimum atomic E-state index is -0.333. The van der Waals surface area contributed by atoms with Crippen LogP contribution in [0.25, 0.3) is 16.7 Å². The lowest BCUT2D eigenvalue weighted by molar-refractivity contribution is 0.102. The average Bonchev–Trinajstić information content (AvgIpc) is 3.07. The minimum Gasteiger partial charge on any atom is -0.322 e. The number of anilines is 1. The maximum absolute atomic E-state index is 12.6. The van der Waals surface area contributed by atoms with Gasteiger partial charge in [-0.3, -0.25) is 4.79 Å². The number of aryl methyl sites for hydroxylation is 2. The summed E-state index contributed by atoms with van der Waals surface area (Å²) in [5, 5.41) is 12.5. The Kier molecular flexibility index (Phi) is 4.79. The second-order valence-corrected chi connectivity index (χ2v) is 7.32. The first-order valence-corrected chi connectivity index (χ1v) is 9.38. The third-order valence-electron chi connectivity index (χ3n) is 4.44. The molecule has 0 unspecified atom stereocenters. The van der Waals surface area contributed by atoms with E-state index in [0.29, 0.717) is 21.8 Å². The number of halogens is 2. The molecule has 0 bridgehead atoms. The molecule has 4 rings (SSSR count).